The average molecular weight is 446 g/mol. The van der Waals surface area contributed by atoms with Gasteiger partial charge in [-0.1, -0.05) is 20.8 Å². The van der Waals surface area contributed by atoms with E-state index in [1.165, 1.54) is 7.11 Å². The van der Waals surface area contributed by atoms with Crippen LogP contribution in [0.5, 0.6) is 11.5 Å². The Morgan fingerprint density at radius 2 is 1.90 bits per heavy atom. The predicted octanol–water partition coefficient (Wildman–Crippen LogP) is 4.10. The van der Waals surface area contributed by atoms with E-state index in [0.717, 1.165) is 37.1 Å². The lowest BCUT2D eigenvalue weighted by atomic mass is 9.75. The van der Waals surface area contributed by atoms with Crippen molar-refractivity contribution in [3.8, 4) is 11.5 Å². The van der Waals surface area contributed by atoms with Gasteiger partial charge in [0.2, 0.25) is 0 Å². The van der Waals surface area contributed by atoms with Gasteiger partial charge in [0.15, 0.2) is 11.5 Å². The SMILES string of the molecule is COc1cc2c(cc1OCC(O)CC(F)(F)F)CCN1CC(CC(C)(C)C)C(O)CC21. The van der Waals surface area contributed by atoms with Gasteiger partial charge in [0.1, 0.15) is 6.61 Å². The number of fused-ring (bicyclic) bond motifs is 3. The topological polar surface area (TPSA) is 62.2 Å². The molecule has 5 nitrogen and oxygen atoms in total. The quantitative estimate of drug-likeness (QED) is 0.690. The van der Waals surface area contributed by atoms with E-state index in [2.05, 4.69) is 25.7 Å². The molecule has 2 aliphatic heterocycles. The number of hydrogen-bond donors (Lipinski definition) is 2. The summed E-state index contributed by atoms with van der Waals surface area (Å²) in [5, 5.41) is 20.4. The summed E-state index contributed by atoms with van der Waals surface area (Å²) >= 11 is 0. The molecule has 0 saturated carbocycles. The van der Waals surface area contributed by atoms with Crippen LogP contribution in [0.2, 0.25) is 0 Å². The van der Waals surface area contributed by atoms with Gasteiger partial charge in [-0.25, -0.2) is 0 Å². The molecule has 176 valence electrons. The first-order chi connectivity index (χ1) is 14.4. The molecule has 0 aromatic heterocycles. The van der Waals surface area contributed by atoms with E-state index >= 15 is 0 Å². The number of halogens is 3. The van der Waals surface area contributed by atoms with Gasteiger partial charge in [0.05, 0.1) is 25.7 Å². The van der Waals surface area contributed by atoms with Crippen LogP contribution in [0.4, 0.5) is 13.2 Å². The standard InChI is InChI=1S/C23H34F3NO4/c1-22(2,3)10-15-12-27-6-5-14-7-21(31-13-16(28)11-23(24,25)26)20(30-4)8-17(14)18(27)9-19(15)29/h7-8,15-16,18-19,28-29H,5-6,9-13H2,1-4H3. The number of nitrogens with zero attached hydrogens (tertiary/aromatic N) is 1. The van der Waals surface area contributed by atoms with E-state index in [-0.39, 0.29) is 23.5 Å². The molecule has 3 rings (SSSR count). The summed E-state index contributed by atoms with van der Waals surface area (Å²) in [4.78, 5) is 2.42. The lowest BCUT2D eigenvalue weighted by molar-refractivity contribution is -0.156. The molecule has 0 bridgehead atoms. The Balaban J connectivity index is 1.75. The highest BCUT2D eigenvalue weighted by Crippen LogP contribution is 2.44. The van der Waals surface area contributed by atoms with Crippen molar-refractivity contribution in [2.24, 2.45) is 11.3 Å². The molecule has 2 heterocycles. The minimum absolute atomic E-state index is 0.0775. The first-order valence-corrected chi connectivity index (χ1v) is 10.9. The van der Waals surface area contributed by atoms with Crippen molar-refractivity contribution < 1.29 is 32.9 Å². The Bertz CT molecular complexity index is 762. The number of piperidine rings is 1. The number of methoxy groups -OCH3 is 1. The smallest absolute Gasteiger partial charge is 0.391 e. The molecule has 0 aliphatic carbocycles. The zero-order chi connectivity index (χ0) is 23.0. The van der Waals surface area contributed by atoms with Gasteiger partial charge < -0.3 is 19.7 Å². The predicted molar refractivity (Wildman–Crippen MR) is 111 cm³/mol. The molecule has 4 atom stereocenters. The Hall–Kier alpha value is -1.51. The van der Waals surface area contributed by atoms with Crippen molar-refractivity contribution in [2.75, 3.05) is 26.8 Å². The van der Waals surface area contributed by atoms with E-state index in [1.54, 1.807) is 6.07 Å². The van der Waals surface area contributed by atoms with Crippen molar-refractivity contribution in [2.45, 2.75) is 70.9 Å². The monoisotopic (exact) mass is 445 g/mol. The van der Waals surface area contributed by atoms with Crippen LogP contribution >= 0.6 is 0 Å². The maximum atomic E-state index is 12.4. The highest BCUT2D eigenvalue weighted by molar-refractivity contribution is 5.49. The van der Waals surface area contributed by atoms with Crippen molar-refractivity contribution in [1.82, 2.24) is 4.90 Å². The first kappa shape index (κ1) is 24.1. The second kappa shape index (κ2) is 9.16. The lowest BCUT2D eigenvalue weighted by Gasteiger charge is -2.47. The van der Waals surface area contributed by atoms with Gasteiger partial charge in [0.25, 0.3) is 0 Å². The lowest BCUT2D eigenvalue weighted by Crippen LogP contribution is -2.48. The second-order valence-corrected chi connectivity index (χ2v) is 10.1. The number of rotatable bonds is 6. The molecule has 1 aromatic carbocycles. The van der Waals surface area contributed by atoms with E-state index in [9.17, 15) is 23.4 Å². The normalized spacial score (nSPS) is 25.5. The van der Waals surface area contributed by atoms with Gasteiger partial charge in [0, 0.05) is 19.1 Å². The number of alkyl halides is 3. The fourth-order valence-electron chi connectivity index (χ4n) is 4.87. The Morgan fingerprint density at radius 1 is 1.19 bits per heavy atom. The fraction of sp³-hybridized carbons (Fsp3) is 0.739. The maximum Gasteiger partial charge on any atom is 0.391 e. The number of aliphatic hydroxyl groups excluding tert-OH is 2. The molecule has 2 N–H and O–H groups in total. The van der Waals surface area contributed by atoms with Crippen LogP contribution in [0.25, 0.3) is 0 Å². The zero-order valence-corrected chi connectivity index (χ0v) is 18.7. The largest absolute Gasteiger partial charge is 0.493 e. The summed E-state index contributed by atoms with van der Waals surface area (Å²) in [7, 11) is 1.48. The molecular weight excluding hydrogens is 411 g/mol. The van der Waals surface area contributed by atoms with Crippen LogP contribution in [0.1, 0.15) is 57.2 Å². The van der Waals surface area contributed by atoms with Crippen LogP contribution in [0.15, 0.2) is 12.1 Å². The number of benzene rings is 1. The summed E-state index contributed by atoms with van der Waals surface area (Å²) in [5.41, 5.74) is 2.27. The van der Waals surface area contributed by atoms with Gasteiger partial charge in [-0.3, -0.25) is 4.90 Å². The Kier molecular flexibility index (Phi) is 7.13. The van der Waals surface area contributed by atoms with Crippen LogP contribution in [0.3, 0.4) is 0 Å². The van der Waals surface area contributed by atoms with Crippen LogP contribution in [-0.2, 0) is 6.42 Å². The Labute approximate surface area is 182 Å². The summed E-state index contributed by atoms with van der Waals surface area (Å²) in [5.74, 6) is 0.987. The fourth-order valence-corrected chi connectivity index (χ4v) is 4.87. The third-order valence-electron chi connectivity index (χ3n) is 6.14. The van der Waals surface area contributed by atoms with Crippen molar-refractivity contribution >= 4 is 0 Å². The van der Waals surface area contributed by atoms with E-state index < -0.39 is 25.3 Å². The minimum atomic E-state index is -4.45. The molecule has 4 unspecified atom stereocenters. The van der Waals surface area contributed by atoms with Crippen LogP contribution in [0, 0.1) is 11.3 Å². The maximum absolute atomic E-state index is 12.4. The molecule has 1 aromatic rings. The Morgan fingerprint density at radius 3 is 2.52 bits per heavy atom. The van der Waals surface area contributed by atoms with Crippen molar-refractivity contribution in [3.63, 3.8) is 0 Å². The van der Waals surface area contributed by atoms with Crippen LogP contribution < -0.4 is 9.47 Å². The van der Waals surface area contributed by atoms with Crippen molar-refractivity contribution in [3.05, 3.63) is 23.3 Å². The van der Waals surface area contributed by atoms with Gasteiger partial charge in [-0.2, -0.15) is 13.2 Å². The number of hydrogen-bond acceptors (Lipinski definition) is 5. The number of aliphatic hydroxyl groups is 2. The third-order valence-corrected chi connectivity index (χ3v) is 6.14. The highest BCUT2D eigenvalue weighted by Gasteiger charge is 2.40. The molecule has 8 heteroatoms. The van der Waals surface area contributed by atoms with Gasteiger partial charge in [-0.05, 0) is 53.9 Å². The molecule has 0 spiro atoms. The summed E-state index contributed by atoms with van der Waals surface area (Å²) in [6, 6.07) is 3.75. The average Bonchev–Trinajstić information content (AvgIpc) is 2.63. The van der Waals surface area contributed by atoms with Gasteiger partial charge >= 0.3 is 6.18 Å². The number of ether oxygens (including phenoxy) is 2. The molecule has 0 radical (unpaired) electrons. The van der Waals surface area contributed by atoms with Gasteiger partial charge in [-0.15, -0.1) is 0 Å². The van der Waals surface area contributed by atoms with E-state index in [4.69, 9.17) is 9.47 Å². The van der Waals surface area contributed by atoms with E-state index in [1.807, 2.05) is 6.07 Å². The molecule has 2 aliphatic rings. The molecule has 1 saturated heterocycles. The van der Waals surface area contributed by atoms with Crippen molar-refractivity contribution in [1.29, 1.82) is 0 Å². The van der Waals surface area contributed by atoms with Crippen LogP contribution in [-0.4, -0.2) is 60.3 Å². The summed E-state index contributed by atoms with van der Waals surface area (Å²) in [6.45, 7) is 7.80. The third kappa shape index (κ3) is 6.26. The summed E-state index contributed by atoms with van der Waals surface area (Å²) in [6.07, 6.45) is -5.39. The first-order valence-electron chi connectivity index (χ1n) is 10.9. The molecular formula is C23H34F3NO4. The minimum Gasteiger partial charge on any atom is -0.493 e. The zero-order valence-electron chi connectivity index (χ0n) is 18.7. The molecule has 1 fully saturated rings. The highest BCUT2D eigenvalue weighted by atomic mass is 19.4. The molecule has 31 heavy (non-hydrogen) atoms. The second-order valence-electron chi connectivity index (χ2n) is 10.1. The van der Waals surface area contributed by atoms with E-state index in [0.29, 0.717) is 17.9 Å². The summed E-state index contributed by atoms with van der Waals surface area (Å²) < 4.78 is 48.3. The molecule has 0 amide bonds.